The fourth-order valence-electron chi connectivity index (χ4n) is 1.59. The van der Waals surface area contributed by atoms with Crippen LogP contribution in [0.15, 0.2) is 39.3 Å². The summed E-state index contributed by atoms with van der Waals surface area (Å²) in [6.45, 7) is 0. The molecule has 0 bridgehead atoms. The van der Waals surface area contributed by atoms with Crippen molar-refractivity contribution in [2.45, 2.75) is 0 Å². The Labute approximate surface area is 131 Å². The number of halogens is 3. The second-order valence-corrected chi connectivity index (χ2v) is 5.74. The first kappa shape index (κ1) is 14.8. The molecule has 0 radical (unpaired) electrons. The third-order valence-corrected chi connectivity index (χ3v) is 3.60. The van der Waals surface area contributed by atoms with Crippen molar-refractivity contribution in [3.63, 3.8) is 0 Å². The van der Waals surface area contributed by atoms with Crippen molar-refractivity contribution in [3.05, 3.63) is 50.7 Å². The summed E-state index contributed by atoms with van der Waals surface area (Å²) in [4.78, 5) is 12.0. The summed E-state index contributed by atoms with van der Waals surface area (Å²) in [7, 11) is 0. The number of nitrogens with two attached hydrogens (primary N) is 1. The van der Waals surface area contributed by atoms with Crippen LogP contribution in [0.2, 0.25) is 0 Å². The summed E-state index contributed by atoms with van der Waals surface area (Å²) in [6.07, 6.45) is 0. The quantitative estimate of drug-likeness (QED) is 0.666. The number of phenolic OH excluding ortho intramolecular Hbond substituents is 1. The molecular weight excluding hydrogens is 395 g/mol. The van der Waals surface area contributed by atoms with Crippen LogP contribution >= 0.6 is 31.9 Å². The van der Waals surface area contributed by atoms with Crippen LogP contribution in [0.25, 0.3) is 0 Å². The number of carbonyl (C=O) groups excluding carboxylic acids is 1. The van der Waals surface area contributed by atoms with Gasteiger partial charge in [0.05, 0.1) is 16.9 Å². The Morgan fingerprint density at radius 1 is 1.25 bits per heavy atom. The number of amides is 1. The maximum atomic E-state index is 13.6. The third-order valence-electron chi connectivity index (χ3n) is 2.52. The van der Waals surface area contributed by atoms with E-state index in [4.69, 9.17) is 10.8 Å². The highest BCUT2D eigenvalue weighted by molar-refractivity contribution is 9.11. The second-order valence-electron chi connectivity index (χ2n) is 3.97. The van der Waals surface area contributed by atoms with Crippen LogP contribution in [0, 0.1) is 5.82 Å². The number of hydrogen-bond donors (Lipinski definition) is 3. The number of carbonyl (C=O) groups is 1. The van der Waals surface area contributed by atoms with Crippen molar-refractivity contribution in [2.75, 3.05) is 11.1 Å². The lowest BCUT2D eigenvalue weighted by atomic mass is 10.1. The largest absolute Gasteiger partial charge is 0.508 e. The molecule has 2 aromatic rings. The van der Waals surface area contributed by atoms with Gasteiger partial charge in [0.25, 0.3) is 5.91 Å². The number of rotatable bonds is 2. The summed E-state index contributed by atoms with van der Waals surface area (Å²) in [5.74, 6) is -1.71. The lowest BCUT2D eigenvalue weighted by molar-refractivity contribution is 0.102. The maximum Gasteiger partial charge on any atom is 0.258 e. The fraction of sp³-hybridized carbons (Fsp3) is 0. The van der Waals surface area contributed by atoms with Crippen LogP contribution in [-0.4, -0.2) is 11.0 Å². The number of aromatic hydroxyl groups is 1. The van der Waals surface area contributed by atoms with Gasteiger partial charge in [0.1, 0.15) is 11.6 Å². The minimum absolute atomic E-state index is 0.183. The molecule has 0 saturated heterocycles. The van der Waals surface area contributed by atoms with Gasteiger partial charge in [-0.2, -0.15) is 0 Å². The van der Waals surface area contributed by atoms with Gasteiger partial charge in [-0.3, -0.25) is 4.79 Å². The number of benzene rings is 2. The molecule has 0 aliphatic rings. The maximum absolute atomic E-state index is 13.6. The Kier molecular flexibility index (Phi) is 4.29. The third kappa shape index (κ3) is 3.10. The number of phenols is 1. The van der Waals surface area contributed by atoms with Crippen LogP contribution in [0.5, 0.6) is 5.75 Å². The van der Waals surface area contributed by atoms with E-state index in [0.717, 1.165) is 10.5 Å². The molecule has 0 aliphatic heterocycles. The smallest absolute Gasteiger partial charge is 0.258 e. The van der Waals surface area contributed by atoms with Gasteiger partial charge in [0, 0.05) is 15.0 Å². The van der Waals surface area contributed by atoms with Gasteiger partial charge in [0.2, 0.25) is 0 Å². The first-order valence-corrected chi connectivity index (χ1v) is 7.01. The Bertz CT molecular complexity index is 669. The molecule has 0 unspecified atom stereocenters. The van der Waals surface area contributed by atoms with Gasteiger partial charge in [-0.25, -0.2) is 4.39 Å². The highest BCUT2D eigenvalue weighted by Gasteiger charge is 2.15. The van der Waals surface area contributed by atoms with Crippen molar-refractivity contribution in [1.82, 2.24) is 0 Å². The second kappa shape index (κ2) is 5.80. The van der Waals surface area contributed by atoms with Crippen molar-refractivity contribution in [1.29, 1.82) is 0 Å². The average molecular weight is 404 g/mol. The minimum Gasteiger partial charge on any atom is -0.508 e. The van der Waals surface area contributed by atoms with Crippen LogP contribution in [-0.2, 0) is 0 Å². The molecule has 4 N–H and O–H groups in total. The molecule has 2 aromatic carbocycles. The Balaban J connectivity index is 2.33. The molecular formula is C13H9Br2FN2O2. The molecule has 0 aliphatic carbocycles. The van der Waals surface area contributed by atoms with Crippen molar-refractivity contribution in [3.8, 4) is 5.75 Å². The van der Waals surface area contributed by atoms with Gasteiger partial charge in [-0.15, -0.1) is 0 Å². The standard InChI is InChI=1S/C13H9Br2FN2O2/c14-6-3-9(15)12(11(17)4-6)18-13(20)8-2-1-7(19)5-10(8)16/h1-5,19H,17H2,(H,18,20). The van der Waals surface area contributed by atoms with E-state index in [0.29, 0.717) is 15.8 Å². The molecule has 0 atom stereocenters. The molecule has 0 heterocycles. The zero-order valence-corrected chi connectivity index (χ0v) is 13.1. The number of nitrogens with one attached hydrogen (secondary N) is 1. The molecule has 0 saturated carbocycles. The highest BCUT2D eigenvalue weighted by Crippen LogP contribution is 2.33. The fourth-order valence-corrected chi connectivity index (χ4v) is 2.95. The van der Waals surface area contributed by atoms with E-state index in [1.165, 1.54) is 12.1 Å². The van der Waals surface area contributed by atoms with Crippen molar-refractivity contribution < 1.29 is 14.3 Å². The van der Waals surface area contributed by atoms with E-state index >= 15 is 0 Å². The van der Waals surface area contributed by atoms with E-state index in [9.17, 15) is 9.18 Å². The summed E-state index contributed by atoms with van der Waals surface area (Å²) in [5, 5.41) is 11.7. The van der Waals surface area contributed by atoms with E-state index in [2.05, 4.69) is 37.2 Å². The lowest BCUT2D eigenvalue weighted by Gasteiger charge is -2.11. The highest BCUT2D eigenvalue weighted by atomic mass is 79.9. The van der Waals surface area contributed by atoms with Crippen LogP contribution < -0.4 is 11.1 Å². The molecule has 1 amide bonds. The summed E-state index contributed by atoms with van der Waals surface area (Å²) in [5.41, 5.74) is 6.30. The van der Waals surface area contributed by atoms with Gasteiger partial charge >= 0.3 is 0 Å². The van der Waals surface area contributed by atoms with E-state index in [1.807, 2.05) is 0 Å². The molecule has 2 rings (SSSR count). The number of nitrogen functional groups attached to an aromatic ring is 1. The monoisotopic (exact) mass is 402 g/mol. The predicted octanol–water partition coefficient (Wildman–Crippen LogP) is 3.89. The average Bonchev–Trinajstić information content (AvgIpc) is 2.33. The molecule has 20 heavy (non-hydrogen) atoms. The Morgan fingerprint density at radius 3 is 2.55 bits per heavy atom. The minimum atomic E-state index is -0.811. The first-order valence-electron chi connectivity index (χ1n) is 5.43. The summed E-state index contributed by atoms with van der Waals surface area (Å²) in [6, 6.07) is 6.63. The Morgan fingerprint density at radius 2 is 1.95 bits per heavy atom. The van der Waals surface area contributed by atoms with Crippen molar-refractivity contribution >= 4 is 49.1 Å². The molecule has 4 nitrogen and oxygen atoms in total. The zero-order chi connectivity index (χ0) is 14.9. The van der Waals surface area contributed by atoms with E-state index < -0.39 is 11.7 Å². The Hall–Kier alpha value is -1.60. The van der Waals surface area contributed by atoms with E-state index in [-0.39, 0.29) is 11.3 Å². The molecule has 0 fully saturated rings. The molecule has 104 valence electrons. The summed E-state index contributed by atoms with van der Waals surface area (Å²) < 4.78 is 14.9. The topological polar surface area (TPSA) is 75.3 Å². The SMILES string of the molecule is Nc1cc(Br)cc(Br)c1NC(=O)c1ccc(O)cc1F. The number of hydrogen-bond acceptors (Lipinski definition) is 3. The van der Waals surface area contributed by atoms with Gasteiger partial charge < -0.3 is 16.2 Å². The zero-order valence-electron chi connectivity index (χ0n) is 9.95. The summed E-state index contributed by atoms with van der Waals surface area (Å²) >= 11 is 6.54. The number of anilines is 2. The first-order chi connectivity index (χ1) is 9.38. The lowest BCUT2D eigenvalue weighted by Crippen LogP contribution is -2.15. The van der Waals surface area contributed by atoms with Crippen LogP contribution in [0.1, 0.15) is 10.4 Å². The molecule has 7 heteroatoms. The predicted molar refractivity (Wildman–Crippen MR) is 82.3 cm³/mol. The normalized spacial score (nSPS) is 10.3. The van der Waals surface area contributed by atoms with Crippen molar-refractivity contribution in [2.24, 2.45) is 0 Å². The molecule has 0 aromatic heterocycles. The van der Waals surface area contributed by atoms with Gasteiger partial charge in [-0.1, -0.05) is 15.9 Å². The molecule has 0 spiro atoms. The van der Waals surface area contributed by atoms with Crippen LogP contribution in [0.3, 0.4) is 0 Å². The van der Waals surface area contributed by atoms with E-state index in [1.54, 1.807) is 12.1 Å². The van der Waals surface area contributed by atoms with Gasteiger partial charge in [0.15, 0.2) is 0 Å². The van der Waals surface area contributed by atoms with Gasteiger partial charge in [-0.05, 0) is 40.2 Å². The van der Waals surface area contributed by atoms with Crippen LogP contribution in [0.4, 0.5) is 15.8 Å².